The molecule has 0 saturated heterocycles. The number of nitrogen functional groups attached to an aromatic ring is 1. The van der Waals surface area contributed by atoms with Crippen LogP contribution in [0.25, 0.3) is 0 Å². The molecule has 3 N–H and O–H groups in total. The molecule has 0 saturated carbocycles. The van der Waals surface area contributed by atoms with E-state index in [2.05, 4.69) is 5.32 Å². The molecule has 0 bridgehead atoms. The van der Waals surface area contributed by atoms with Crippen molar-refractivity contribution in [2.24, 2.45) is 0 Å². The Balaban J connectivity index is 1.92. The number of rotatable bonds is 6. The monoisotopic (exact) mass is 366 g/mol. The highest BCUT2D eigenvalue weighted by molar-refractivity contribution is 6.39. The Morgan fingerprint density at radius 2 is 1.71 bits per heavy atom. The second kappa shape index (κ2) is 8.04. The number of hydrogen-bond acceptors (Lipinski definition) is 4. The van der Waals surface area contributed by atoms with Crippen molar-refractivity contribution in [2.75, 3.05) is 17.7 Å². The summed E-state index contributed by atoms with van der Waals surface area (Å²) in [6, 6.07) is 9.63. The minimum absolute atomic E-state index is 0.0522. The van der Waals surface area contributed by atoms with Gasteiger partial charge in [0.15, 0.2) is 12.4 Å². The molecule has 0 aromatic heterocycles. The predicted octanol–water partition coefficient (Wildman–Crippen LogP) is 4.19. The summed E-state index contributed by atoms with van der Waals surface area (Å²) in [5.74, 6) is 0.170. The van der Waals surface area contributed by atoms with E-state index in [9.17, 15) is 9.59 Å². The third kappa shape index (κ3) is 4.63. The van der Waals surface area contributed by atoms with Crippen molar-refractivity contribution in [2.45, 2.75) is 13.3 Å². The molecule has 126 valence electrons. The van der Waals surface area contributed by atoms with Gasteiger partial charge in [-0.15, -0.1) is 0 Å². The number of amides is 1. The van der Waals surface area contributed by atoms with Crippen LogP contribution in [0.1, 0.15) is 23.7 Å². The van der Waals surface area contributed by atoms with Crippen LogP contribution in [0, 0.1) is 0 Å². The fourth-order valence-electron chi connectivity index (χ4n) is 1.94. The fourth-order valence-corrected chi connectivity index (χ4v) is 2.43. The summed E-state index contributed by atoms with van der Waals surface area (Å²) >= 11 is 11.8. The van der Waals surface area contributed by atoms with E-state index < -0.39 is 0 Å². The maximum atomic E-state index is 11.9. The van der Waals surface area contributed by atoms with Crippen molar-refractivity contribution in [3.8, 4) is 5.75 Å². The molecule has 0 heterocycles. The average Bonchev–Trinajstić information content (AvgIpc) is 2.57. The first kappa shape index (κ1) is 18.1. The van der Waals surface area contributed by atoms with Crippen LogP contribution in [-0.4, -0.2) is 18.3 Å². The van der Waals surface area contributed by atoms with Crippen molar-refractivity contribution in [1.29, 1.82) is 0 Å². The largest absolute Gasteiger partial charge is 0.484 e. The SMILES string of the molecule is CCC(=O)c1ccc(OCC(=O)Nc2cc(Cl)c(N)c(Cl)c2)cc1. The molecule has 2 aromatic carbocycles. The number of carbonyl (C=O) groups excluding carboxylic acids is 2. The van der Waals surface area contributed by atoms with Gasteiger partial charge in [0.1, 0.15) is 5.75 Å². The van der Waals surface area contributed by atoms with Gasteiger partial charge in [0.05, 0.1) is 15.7 Å². The van der Waals surface area contributed by atoms with Crippen LogP contribution in [0.2, 0.25) is 10.0 Å². The molecule has 2 rings (SSSR count). The van der Waals surface area contributed by atoms with E-state index in [0.717, 1.165) is 0 Å². The molecule has 1 amide bonds. The average molecular weight is 367 g/mol. The zero-order valence-corrected chi connectivity index (χ0v) is 14.4. The first-order valence-corrected chi connectivity index (χ1v) is 7.96. The molecule has 0 atom stereocenters. The van der Waals surface area contributed by atoms with E-state index in [4.69, 9.17) is 33.7 Å². The summed E-state index contributed by atoms with van der Waals surface area (Å²) in [5.41, 5.74) is 6.93. The van der Waals surface area contributed by atoms with Crippen LogP contribution in [0.15, 0.2) is 36.4 Å². The zero-order valence-electron chi connectivity index (χ0n) is 12.9. The molecular formula is C17H16Cl2N2O3. The minimum atomic E-state index is -0.374. The minimum Gasteiger partial charge on any atom is -0.484 e. The first-order chi connectivity index (χ1) is 11.4. The number of nitrogens with one attached hydrogen (secondary N) is 1. The van der Waals surface area contributed by atoms with E-state index in [0.29, 0.717) is 23.4 Å². The number of halogens is 2. The van der Waals surface area contributed by atoms with Gasteiger partial charge < -0.3 is 15.8 Å². The van der Waals surface area contributed by atoms with Crippen LogP contribution in [0.5, 0.6) is 5.75 Å². The Hall–Kier alpha value is -2.24. The molecule has 5 nitrogen and oxygen atoms in total. The molecule has 2 aromatic rings. The number of carbonyl (C=O) groups is 2. The van der Waals surface area contributed by atoms with Gasteiger partial charge in [-0.2, -0.15) is 0 Å². The van der Waals surface area contributed by atoms with Gasteiger partial charge in [-0.05, 0) is 36.4 Å². The Kier molecular flexibility index (Phi) is 6.06. The number of hydrogen-bond donors (Lipinski definition) is 2. The molecule has 0 aliphatic heterocycles. The van der Waals surface area contributed by atoms with Gasteiger partial charge in [-0.1, -0.05) is 30.1 Å². The van der Waals surface area contributed by atoms with E-state index in [1.807, 2.05) is 0 Å². The second-order valence-corrected chi connectivity index (χ2v) is 5.81. The summed E-state index contributed by atoms with van der Waals surface area (Å²) in [6.07, 6.45) is 0.440. The molecule has 0 fully saturated rings. The van der Waals surface area contributed by atoms with Gasteiger partial charge >= 0.3 is 0 Å². The maximum Gasteiger partial charge on any atom is 0.262 e. The van der Waals surface area contributed by atoms with Crippen molar-refractivity contribution in [1.82, 2.24) is 0 Å². The van der Waals surface area contributed by atoms with Crippen molar-refractivity contribution < 1.29 is 14.3 Å². The number of ketones is 1. The first-order valence-electron chi connectivity index (χ1n) is 7.21. The summed E-state index contributed by atoms with van der Waals surface area (Å²) in [7, 11) is 0. The maximum absolute atomic E-state index is 11.9. The normalized spacial score (nSPS) is 10.3. The fraction of sp³-hybridized carbons (Fsp3) is 0.176. The Morgan fingerprint density at radius 1 is 1.12 bits per heavy atom. The summed E-state index contributed by atoms with van der Waals surface area (Å²) in [6.45, 7) is 1.60. The van der Waals surface area contributed by atoms with Crippen LogP contribution >= 0.6 is 23.2 Å². The summed E-state index contributed by atoms with van der Waals surface area (Å²) < 4.78 is 5.38. The molecule has 0 aliphatic carbocycles. The van der Waals surface area contributed by atoms with Crippen molar-refractivity contribution in [3.63, 3.8) is 0 Å². The van der Waals surface area contributed by atoms with Crippen LogP contribution < -0.4 is 15.8 Å². The van der Waals surface area contributed by atoms with E-state index >= 15 is 0 Å². The summed E-state index contributed by atoms with van der Waals surface area (Å²) in [5, 5.41) is 3.14. The molecule has 7 heteroatoms. The molecule has 0 aliphatic rings. The number of Topliss-reactive ketones (excluding diaryl/α,β-unsaturated/α-hetero) is 1. The number of nitrogens with two attached hydrogens (primary N) is 1. The van der Waals surface area contributed by atoms with Gasteiger partial charge in [-0.3, -0.25) is 9.59 Å². The number of anilines is 2. The quantitative estimate of drug-likeness (QED) is 0.593. The lowest BCUT2D eigenvalue weighted by molar-refractivity contribution is -0.118. The highest BCUT2D eigenvalue weighted by atomic mass is 35.5. The van der Waals surface area contributed by atoms with Gasteiger partial charge in [-0.25, -0.2) is 0 Å². The third-order valence-corrected chi connectivity index (χ3v) is 3.86. The Bertz CT molecular complexity index is 738. The van der Waals surface area contributed by atoms with E-state index in [-0.39, 0.29) is 34.0 Å². The molecular weight excluding hydrogens is 351 g/mol. The topological polar surface area (TPSA) is 81.4 Å². The Morgan fingerprint density at radius 3 is 2.25 bits per heavy atom. The predicted molar refractivity (Wildman–Crippen MR) is 96.1 cm³/mol. The van der Waals surface area contributed by atoms with E-state index in [1.54, 1.807) is 31.2 Å². The van der Waals surface area contributed by atoms with Gasteiger partial charge in [0, 0.05) is 17.7 Å². The van der Waals surface area contributed by atoms with Crippen LogP contribution in [0.3, 0.4) is 0 Å². The lowest BCUT2D eigenvalue weighted by Crippen LogP contribution is -2.20. The zero-order chi connectivity index (χ0) is 17.7. The molecule has 0 unspecified atom stereocenters. The molecule has 0 radical (unpaired) electrons. The second-order valence-electron chi connectivity index (χ2n) is 4.99. The standard InChI is InChI=1S/C17H16Cl2N2O3/c1-2-15(22)10-3-5-12(6-4-10)24-9-16(23)21-11-7-13(18)17(20)14(19)8-11/h3-8H,2,9,20H2,1H3,(H,21,23). The van der Waals surface area contributed by atoms with Crippen molar-refractivity contribution >= 4 is 46.3 Å². The van der Waals surface area contributed by atoms with Crippen LogP contribution in [-0.2, 0) is 4.79 Å². The highest BCUT2D eigenvalue weighted by Gasteiger charge is 2.09. The number of benzene rings is 2. The summed E-state index contributed by atoms with van der Waals surface area (Å²) in [4.78, 5) is 23.4. The molecule has 0 spiro atoms. The van der Waals surface area contributed by atoms with Gasteiger partial charge in [0.2, 0.25) is 0 Å². The third-order valence-electron chi connectivity index (χ3n) is 3.23. The van der Waals surface area contributed by atoms with Gasteiger partial charge in [0.25, 0.3) is 5.91 Å². The smallest absolute Gasteiger partial charge is 0.262 e. The van der Waals surface area contributed by atoms with Crippen molar-refractivity contribution in [3.05, 3.63) is 52.0 Å². The lowest BCUT2D eigenvalue weighted by atomic mass is 10.1. The lowest BCUT2D eigenvalue weighted by Gasteiger charge is -2.10. The Labute approximate surface area is 149 Å². The molecule has 24 heavy (non-hydrogen) atoms. The van der Waals surface area contributed by atoms with E-state index in [1.165, 1.54) is 12.1 Å². The van der Waals surface area contributed by atoms with Crippen LogP contribution in [0.4, 0.5) is 11.4 Å². The highest BCUT2D eigenvalue weighted by Crippen LogP contribution is 2.31. The number of ether oxygens (including phenoxy) is 1.